The lowest BCUT2D eigenvalue weighted by atomic mass is 10.1. The molecule has 0 aliphatic rings. The summed E-state index contributed by atoms with van der Waals surface area (Å²) in [5.74, 6) is 0.162. The summed E-state index contributed by atoms with van der Waals surface area (Å²) in [5, 5.41) is 6.74. The summed E-state index contributed by atoms with van der Waals surface area (Å²) in [7, 11) is 0. The summed E-state index contributed by atoms with van der Waals surface area (Å²) in [6.07, 6.45) is 0. The third-order valence-corrected chi connectivity index (χ3v) is 3.24. The minimum atomic E-state index is -0.540. The van der Waals surface area contributed by atoms with Gasteiger partial charge in [0, 0.05) is 5.56 Å². The van der Waals surface area contributed by atoms with E-state index in [1.165, 1.54) is 0 Å². The second-order valence-corrected chi connectivity index (χ2v) is 4.80. The number of nitrogens with one attached hydrogen (secondary N) is 1. The number of carbonyl (C=O) groups is 1. The Morgan fingerprint density at radius 3 is 2.55 bits per heavy atom. The quantitative estimate of drug-likeness (QED) is 0.759. The molecule has 1 heterocycles. The van der Waals surface area contributed by atoms with E-state index in [0.29, 0.717) is 18.1 Å². The van der Waals surface area contributed by atoms with Crippen LogP contribution in [0, 0.1) is 0 Å². The zero-order valence-corrected chi connectivity index (χ0v) is 11.8. The van der Waals surface area contributed by atoms with Crippen molar-refractivity contribution in [3.63, 3.8) is 0 Å². The van der Waals surface area contributed by atoms with E-state index in [9.17, 15) is 4.79 Å². The minimum Gasteiger partial charge on any atom is -0.488 e. The van der Waals surface area contributed by atoms with Crippen molar-refractivity contribution in [2.24, 2.45) is 5.73 Å². The zero-order valence-electron chi connectivity index (χ0n) is 11.8. The van der Waals surface area contributed by atoms with E-state index >= 15 is 0 Å². The maximum Gasteiger partial charge on any atom is 0.266 e. The summed E-state index contributed by atoms with van der Waals surface area (Å²) in [4.78, 5) is 11.2. The first kappa shape index (κ1) is 13.9. The van der Waals surface area contributed by atoms with Gasteiger partial charge in [-0.1, -0.05) is 42.5 Å². The fourth-order valence-corrected chi connectivity index (χ4v) is 2.13. The van der Waals surface area contributed by atoms with Crippen LogP contribution in [-0.4, -0.2) is 16.1 Å². The van der Waals surface area contributed by atoms with Crippen molar-refractivity contribution < 1.29 is 9.53 Å². The lowest BCUT2D eigenvalue weighted by molar-refractivity contribution is 0.0995. The van der Waals surface area contributed by atoms with Gasteiger partial charge < -0.3 is 10.5 Å². The van der Waals surface area contributed by atoms with Crippen LogP contribution in [0.2, 0.25) is 0 Å². The Labute approximate surface area is 127 Å². The van der Waals surface area contributed by atoms with Gasteiger partial charge in [-0.15, -0.1) is 0 Å². The molecule has 22 heavy (non-hydrogen) atoms. The van der Waals surface area contributed by atoms with Crippen LogP contribution in [-0.2, 0) is 6.61 Å². The number of ether oxygens (including phenoxy) is 1. The van der Waals surface area contributed by atoms with Gasteiger partial charge in [0.2, 0.25) is 0 Å². The van der Waals surface area contributed by atoms with E-state index in [1.807, 2.05) is 54.6 Å². The predicted octanol–water partition coefficient (Wildman–Crippen LogP) is 2.75. The smallest absolute Gasteiger partial charge is 0.266 e. The number of carbonyl (C=O) groups excluding carboxylic acids is 1. The van der Waals surface area contributed by atoms with Crippen LogP contribution < -0.4 is 10.5 Å². The molecule has 3 aromatic rings. The molecule has 110 valence electrons. The summed E-state index contributed by atoms with van der Waals surface area (Å²) < 4.78 is 5.88. The van der Waals surface area contributed by atoms with E-state index in [4.69, 9.17) is 10.5 Å². The van der Waals surface area contributed by atoms with Crippen LogP contribution >= 0.6 is 0 Å². The molecule has 0 saturated carbocycles. The summed E-state index contributed by atoms with van der Waals surface area (Å²) in [6, 6.07) is 19.1. The summed E-state index contributed by atoms with van der Waals surface area (Å²) in [6.45, 7) is 0.463. The Bertz CT molecular complexity index is 781. The molecule has 0 saturated heterocycles. The molecule has 1 amide bonds. The first-order chi connectivity index (χ1) is 10.7. The highest BCUT2D eigenvalue weighted by Gasteiger charge is 2.12. The van der Waals surface area contributed by atoms with E-state index in [0.717, 1.165) is 11.1 Å². The third-order valence-electron chi connectivity index (χ3n) is 3.24. The standard InChI is InChI=1S/C17H15N3O2/c18-17(21)15-10-14(19-20-15)13-8-4-5-9-16(13)22-11-12-6-2-1-3-7-12/h1-10H,11H2,(H2,18,21)(H,19,20). The van der Waals surface area contributed by atoms with Crippen LogP contribution in [0.1, 0.15) is 16.1 Å². The van der Waals surface area contributed by atoms with Crippen molar-refractivity contribution in [3.05, 3.63) is 71.9 Å². The average molecular weight is 293 g/mol. The molecule has 0 aliphatic heterocycles. The predicted molar refractivity (Wildman–Crippen MR) is 83.3 cm³/mol. The Morgan fingerprint density at radius 1 is 1.09 bits per heavy atom. The van der Waals surface area contributed by atoms with Crippen LogP contribution in [0.4, 0.5) is 0 Å². The summed E-state index contributed by atoms with van der Waals surface area (Å²) >= 11 is 0. The highest BCUT2D eigenvalue weighted by atomic mass is 16.5. The van der Waals surface area contributed by atoms with Gasteiger partial charge in [0.1, 0.15) is 18.1 Å². The van der Waals surface area contributed by atoms with Gasteiger partial charge in [-0.25, -0.2) is 0 Å². The molecule has 0 atom stereocenters. The van der Waals surface area contributed by atoms with Crippen LogP contribution in [0.3, 0.4) is 0 Å². The number of amides is 1. The first-order valence-corrected chi connectivity index (χ1v) is 6.85. The average Bonchev–Trinajstić information content (AvgIpc) is 3.04. The molecule has 0 aliphatic carbocycles. The Kier molecular flexibility index (Phi) is 3.87. The molecule has 0 bridgehead atoms. The highest BCUT2D eigenvalue weighted by molar-refractivity contribution is 5.92. The normalized spacial score (nSPS) is 10.4. The van der Waals surface area contributed by atoms with Gasteiger partial charge >= 0.3 is 0 Å². The maximum absolute atomic E-state index is 11.2. The van der Waals surface area contributed by atoms with Crippen LogP contribution in [0.5, 0.6) is 5.75 Å². The van der Waals surface area contributed by atoms with Crippen LogP contribution in [0.25, 0.3) is 11.3 Å². The highest BCUT2D eigenvalue weighted by Crippen LogP contribution is 2.29. The number of primary amides is 1. The first-order valence-electron chi connectivity index (χ1n) is 6.85. The van der Waals surface area contributed by atoms with Gasteiger partial charge in [-0.05, 0) is 23.8 Å². The number of nitrogens with two attached hydrogens (primary N) is 1. The monoisotopic (exact) mass is 293 g/mol. The molecule has 0 unspecified atom stereocenters. The zero-order chi connectivity index (χ0) is 15.4. The number of para-hydroxylation sites is 1. The fraction of sp³-hybridized carbons (Fsp3) is 0.0588. The molecule has 0 fully saturated rings. The Balaban J connectivity index is 1.84. The molecule has 0 radical (unpaired) electrons. The van der Waals surface area contributed by atoms with Gasteiger partial charge in [0.25, 0.3) is 5.91 Å². The fourth-order valence-electron chi connectivity index (χ4n) is 2.13. The van der Waals surface area contributed by atoms with Crippen molar-refractivity contribution >= 4 is 5.91 Å². The molecule has 5 nitrogen and oxygen atoms in total. The molecule has 1 aromatic heterocycles. The SMILES string of the molecule is NC(=O)c1cc(-c2ccccc2OCc2ccccc2)n[nH]1. The Hall–Kier alpha value is -3.08. The van der Waals surface area contributed by atoms with E-state index < -0.39 is 5.91 Å². The molecular formula is C17H15N3O2. The largest absolute Gasteiger partial charge is 0.488 e. The van der Waals surface area contributed by atoms with Crippen molar-refractivity contribution in [1.82, 2.24) is 10.2 Å². The second-order valence-electron chi connectivity index (χ2n) is 4.80. The third kappa shape index (κ3) is 2.98. The Morgan fingerprint density at radius 2 is 1.82 bits per heavy atom. The number of H-pyrrole nitrogens is 1. The number of aromatic amines is 1. The van der Waals surface area contributed by atoms with Gasteiger partial charge in [-0.2, -0.15) is 5.10 Å². The van der Waals surface area contributed by atoms with Gasteiger partial charge in [0.05, 0.1) is 5.69 Å². The van der Waals surface area contributed by atoms with Crippen molar-refractivity contribution in [2.45, 2.75) is 6.61 Å². The minimum absolute atomic E-state index is 0.271. The molecule has 0 spiro atoms. The number of hydrogen-bond donors (Lipinski definition) is 2. The van der Waals surface area contributed by atoms with E-state index in [1.54, 1.807) is 6.07 Å². The second kappa shape index (κ2) is 6.13. The number of nitrogens with zero attached hydrogens (tertiary/aromatic N) is 1. The molecule has 5 heteroatoms. The lowest BCUT2D eigenvalue weighted by Gasteiger charge is -2.10. The molecule has 3 N–H and O–H groups in total. The van der Waals surface area contributed by atoms with Gasteiger partial charge in [-0.3, -0.25) is 9.89 Å². The number of benzene rings is 2. The lowest BCUT2D eigenvalue weighted by Crippen LogP contribution is -2.10. The van der Waals surface area contributed by atoms with Crippen molar-refractivity contribution in [2.75, 3.05) is 0 Å². The number of rotatable bonds is 5. The van der Waals surface area contributed by atoms with E-state index in [-0.39, 0.29) is 5.69 Å². The summed E-state index contributed by atoms with van der Waals surface area (Å²) in [5.41, 5.74) is 8.02. The molecule has 3 rings (SSSR count). The molecule has 2 aromatic carbocycles. The van der Waals surface area contributed by atoms with Gasteiger partial charge in [0.15, 0.2) is 0 Å². The van der Waals surface area contributed by atoms with Crippen molar-refractivity contribution in [1.29, 1.82) is 0 Å². The van der Waals surface area contributed by atoms with Crippen molar-refractivity contribution in [3.8, 4) is 17.0 Å². The number of aromatic nitrogens is 2. The van der Waals surface area contributed by atoms with Crippen LogP contribution in [0.15, 0.2) is 60.7 Å². The molecular weight excluding hydrogens is 278 g/mol. The number of hydrogen-bond acceptors (Lipinski definition) is 3. The van der Waals surface area contributed by atoms with E-state index in [2.05, 4.69) is 10.2 Å². The maximum atomic E-state index is 11.2. The topological polar surface area (TPSA) is 81.0 Å².